The van der Waals surface area contributed by atoms with Crippen molar-refractivity contribution in [1.82, 2.24) is 20.2 Å². The van der Waals surface area contributed by atoms with E-state index in [0.29, 0.717) is 6.54 Å². The summed E-state index contributed by atoms with van der Waals surface area (Å²) >= 11 is 0. The number of carbonyl (C=O) groups excluding carboxylic acids is 2. The average molecular weight is 430 g/mol. The monoisotopic (exact) mass is 429 g/mol. The molecule has 0 saturated heterocycles. The Morgan fingerprint density at radius 2 is 1.82 bits per heavy atom. The molecule has 156 valence electrons. The Kier molecular flexibility index (Phi) is 12.2. The van der Waals surface area contributed by atoms with Gasteiger partial charge in [0.15, 0.2) is 0 Å². The number of imidazole rings is 1. The van der Waals surface area contributed by atoms with Crippen LogP contribution in [-0.2, 0) is 29.1 Å². The van der Waals surface area contributed by atoms with E-state index < -0.39 is 6.04 Å². The molecule has 0 bridgehead atoms. The summed E-state index contributed by atoms with van der Waals surface area (Å²) in [5.41, 5.74) is 6.99. The zero-order valence-corrected chi connectivity index (χ0v) is 17.8. The summed E-state index contributed by atoms with van der Waals surface area (Å²) in [6, 6.07) is 9.59. The highest BCUT2D eigenvalue weighted by molar-refractivity contribution is 5.87. The van der Waals surface area contributed by atoms with E-state index in [1.807, 2.05) is 42.8 Å². The van der Waals surface area contributed by atoms with Gasteiger partial charge in [-0.3, -0.25) is 9.59 Å². The normalized spacial score (nSPS) is 11.1. The Balaban J connectivity index is 0.00000364. The van der Waals surface area contributed by atoms with Crippen molar-refractivity contribution >= 4 is 36.6 Å². The lowest BCUT2D eigenvalue weighted by atomic mass is 10.1. The van der Waals surface area contributed by atoms with Crippen LogP contribution in [0.25, 0.3) is 0 Å². The fourth-order valence-corrected chi connectivity index (χ4v) is 2.43. The van der Waals surface area contributed by atoms with Crippen molar-refractivity contribution in [2.75, 3.05) is 6.54 Å². The summed E-state index contributed by atoms with van der Waals surface area (Å²) in [5.74, 6) is 0.209. The van der Waals surface area contributed by atoms with Gasteiger partial charge in [0.2, 0.25) is 11.8 Å². The van der Waals surface area contributed by atoms with Gasteiger partial charge >= 0.3 is 0 Å². The first-order valence-electron chi connectivity index (χ1n) is 8.81. The van der Waals surface area contributed by atoms with Crippen molar-refractivity contribution < 1.29 is 9.59 Å². The molecule has 0 fully saturated rings. The van der Waals surface area contributed by atoms with E-state index in [2.05, 4.69) is 27.8 Å². The molecule has 2 amide bonds. The van der Waals surface area contributed by atoms with Gasteiger partial charge in [-0.15, -0.1) is 24.8 Å². The summed E-state index contributed by atoms with van der Waals surface area (Å²) in [6.07, 6.45) is 4.51. The van der Waals surface area contributed by atoms with Gasteiger partial charge in [0, 0.05) is 18.9 Å². The van der Waals surface area contributed by atoms with Crippen LogP contribution in [0, 0.1) is 5.92 Å². The molecule has 4 N–H and O–H groups in total. The van der Waals surface area contributed by atoms with Gasteiger partial charge < -0.3 is 20.9 Å². The molecule has 1 aromatic carbocycles. The fraction of sp³-hybridized carbons (Fsp3) is 0.421. The predicted molar refractivity (Wildman–Crippen MR) is 115 cm³/mol. The van der Waals surface area contributed by atoms with Crippen LogP contribution in [0.15, 0.2) is 42.7 Å². The molecule has 0 unspecified atom stereocenters. The standard InChI is InChI=1S/C19H27N5O2.2ClH/c1-14(2)18(20)19(26)23-13-17(25)22-12-16-21-9-11-24(16)10-8-15-6-4-3-5-7-15;;/h3-7,9,11,14,18H,8,10,12-13,20H2,1-2H3,(H,22,25)(H,23,26);2*1H/t18-;;/m0../s1. The zero-order chi connectivity index (χ0) is 18.9. The number of halogens is 2. The Labute approximate surface area is 178 Å². The van der Waals surface area contributed by atoms with Crippen LogP contribution < -0.4 is 16.4 Å². The lowest BCUT2D eigenvalue weighted by molar-refractivity contribution is -0.127. The highest BCUT2D eigenvalue weighted by Crippen LogP contribution is 2.04. The molecule has 0 spiro atoms. The van der Waals surface area contributed by atoms with Crippen molar-refractivity contribution in [3.8, 4) is 0 Å². The predicted octanol–water partition coefficient (Wildman–Crippen LogP) is 1.69. The minimum atomic E-state index is -0.611. The Morgan fingerprint density at radius 1 is 1.14 bits per heavy atom. The maximum atomic E-state index is 11.9. The van der Waals surface area contributed by atoms with Gasteiger partial charge in [0.25, 0.3) is 0 Å². The third-order valence-corrected chi connectivity index (χ3v) is 4.17. The second-order valence-electron chi connectivity index (χ2n) is 6.54. The molecule has 9 heteroatoms. The minimum absolute atomic E-state index is 0. The van der Waals surface area contributed by atoms with Gasteiger partial charge in [0.1, 0.15) is 5.82 Å². The molecule has 0 aliphatic rings. The summed E-state index contributed by atoms with van der Waals surface area (Å²) in [7, 11) is 0. The maximum Gasteiger partial charge on any atom is 0.239 e. The number of amides is 2. The highest BCUT2D eigenvalue weighted by Gasteiger charge is 2.17. The van der Waals surface area contributed by atoms with E-state index in [4.69, 9.17) is 5.73 Å². The molecule has 0 aliphatic heterocycles. The van der Waals surface area contributed by atoms with Gasteiger partial charge in [-0.2, -0.15) is 0 Å². The largest absolute Gasteiger partial charge is 0.347 e. The quantitative estimate of drug-likeness (QED) is 0.564. The number of aryl methyl sites for hydroxylation is 2. The van der Waals surface area contributed by atoms with Crippen molar-refractivity contribution in [3.05, 3.63) is 54.1 Å². The first-order valence-corrected chi connectivity index (χ1v) is 8.81. The van der Waals surface area contributed by atoms with Crippen molar-refractivity contribution in [2.45, 2.75) is 39.4 Å². The summed E-state index contributed by atoms with van der Waals surface area (Å²) in [4.78, 5) is 28.0. The molecule has 2 rings (SSSR count). The number of hydrogen-bond donors (Lipinski definition) is 3. The van der Waals surface area contributed by atoms with Crippen LogP contribution >= 0.6 is 24.8 Å². The zero-order valence-electron chi connectivity index (χ0n) is 16.1. The van der Waals surface area contributed by atoms with E-state index in [-0.39, 0.29) is 49.1 Å². The van der Waals surface area contributed by atoms with E-state index in [1.165, 1.54) is 5.56 Å². The Morgan fingerprint density at radius 3 is 2.46 bits per heavy atom. The number of hydrogen-bond acceptors (Lipinski definition) is 4. The van der Waals surface area contributed by atoms with E-state index in [9.17, 15) is 9.59 Å². The third kappa shape index (κ3) is 8.29. The molecule has 1 atom stereocenters. The highest BCUT2D eigenvalue weighted by atomic mass is 35.5. The summed E-state index contributed by atoms with van der Waals surface area (Å²) in [5, 5.41) is 5.32. The molecule has 1 aromatic heterocycles. The van der Waals surface area contributed by atoms with Crippen LogP contribution in [-0.4, -0.2) is 34.0 Å². The number of carbonyl (C=O) groups is 2. The molecule has 7 nitrogen and oxygen atoms in total. The lowest BCUT2D eigenvalue weighted by Gasteiger charge is -2.15. The second-order valence-corrected chi connectivity index (χ2v) is 6.54. The van der Waals surface area contributed by atoms with Crippen LogP contribution in [0.3, 0.4) is 0 Å². The van der Waals surface area contributed by atoms with Crippen molar-refractivity contribution in [1.29, 1.82) is 0 Å². The van der Waals surface area contributed by atoms with E-state index >= 15 is 0 Å². The first-order chi connectivity index (χ1) is 12.5. The van der Waals surface area contributed by atoms with E-state index in [0.717, 1.165) is 18.8 Å². The summed E-state index contributed by atoms with van der Waals surface area (Å²) < 4.78 is 2.01. The van der Waals surface area contributed by atoms with Gasteiger partial charge in [0.05, 0.1) is 19.1 Å². The van der Waals surface area contributed by atoms with Gasteiger partial charge in [-0.05, 0) is 17.9 Å². The number of rotatable bonds is 9. The molecule has 2 aromatic rings. The van der Waals surface area contributed by atoms with Gasteiger partial charge in [-0.25, -0.2) is 4.98 Å². The number of nitrogens with one attached hydrogen (secondary N) is 2. The molecule has 0 radical (unpaired) electrons. The maximum absolute atomic E-state index is 11.9. The van der Waals surface area contributed by atoms with Gasteiger partial charge in [-0.1, -0.05) is 44.2 Å². The van der Waals surface area contributed by atoms with Crippen LogP contribution in [0.5, 0.6) is 0 Å². The lowest BCUT2D eigenvalue weighted by Crippen LogP contribution is -2.47. The van der Waals surface area contributed by atoms with Crippen LogP contribution in [0.2, 0.25) is 0 Å². The Hall–Kier alpha value is -2.09. The number of benzene rings is 1. The first kappa shape index (κ1) is 25.9. The number of nitrogens with two attached hydrogens (primary N) is 1. The van der Waals surface area contributed by atoms with Crippen molar-refractivity contribution in [2.24, 2.45) is 11.7 Å². The number of nitrogens with zero attached hydrogens (tertiary/aromatic N) is 2. The topological polar surface area (TPSA) is 102 Å². The van der Waals surface area contributed by atoms with Crippen molar-refractivity contribution in [3.63, 3.8) is 0 Å². The third-order valence-electron chi connectivity index (χ3n) is 4.17. The molecular weight excluding hydrogens is 401 g/mol. The van der Waals surface area contributed by atoms with E-state index in [1.54, 1.807) is 6.20 Å². The average Bonchev–Trinajstić information content (AvgIpc) is 3.10. The molecule has 1 heterocycles. The Bertz CT molecular complexity index is 722. The molecular formula is C19H29Cl2N5O2. The van der Waals surface area contributed by atoms with Crippen LogP contribution in [0.4, 0.5) is 0 Å². The number of aromatic nitrogens is 2. The second kappa shape index (κ2) is 13.1. The molecule has 0 aliphatic carbocycles. The van der Waals surface area contributed by atoms with Crippen LogP contribution in [0.1, 0.15) is 25.2 Å². The molecule has 28 heavy (non-hydrogen) atoms. The SMILES string of the molecule is CC(C)[C@H](N)C(=O)NCC(=O)NCc1nccn1CCc1ccccc1.Cl.Cl. The molecule has 0 saturated carbocycles. The smallest absolute Gasteiger partial charge is 0.239 e. The fourth-order valence-electron chi connectivity index (χ4n) is 2.43. The summed E-state index contributed by atoms with van der Waals surface area (Å²) in [6.45, 7) is 4.73. The minimum Gasteiger partial charge on any atom is -0.347 e.